The van der Waals surface area contributed by atoms with E-state index in [4.69, 9.17) is 28.9 Å². The molecule has 31 heavy (non-hydrogen) atoms. The fourth-order valence-electron chi connectivity index (χ4n) is 6.26. The number of rotatable bonds is 6. The summed E-state index contributed by atoms with van der Waals surface area (Å²) in [6.07, 6.45) is 7.75. The van der Waals surface area contributed by atoms with Crippen LogP contribution in [0.3, 0.4) is 0 Å². The summed E-state index contributed by atoms with van der Waals surface area (Å²) in [5.41, 5.74) is 8.07. The topological polar surface area (TPSA) is 99.6 Å². The van der Waals surface area contributed by atoms with E-state index in [1.807, 2.05) is 6.07 Å². The maximum atomic E-state index is 9.54. The van der Waals surface area contributed by atoms with E-state index in [0.29, 0.717) is 51.8 Å². The number of halogens is 2. The van der Waals surface area contributed by atoms with Crippen molar-refractivity contribution >= 4 is 35.0 Å². The lowest BCUT2D eigenvalue weighted by molar-refractivity contribution is -0.0591. The van der Waals surface area contributed by atoms with E-state index < -0.39 is 0 Å². The number of benzene rings is 1. The first kappa shape index (κ1) is 20.8. The highest BCUT2D eigenvalue weighted by molar-refractivity contribution is 6.33. The third kappa shape index (κ3) is 4.07. The molecule has 0 radical (unpaired) electrons. The number of hydrogen-bond donors (Lipinski definition) is 3. The third-order valence-electron chi connectivity index (χ3n) is 7.46. The van der Waals surface area contributed by atoms with Crippen molar-refractivity contribution in [1.82, 2.24) is 9.97 Å². The van der Waals surface area contributed by atoms with Crippen molar-refractivity contribution in [2.75, 3.05) is 17.2 Å². The van der Waals surface area contributed by atoms with Gasteiger partial charge in [-0.05, 0) is 79.0 Å². The Labute approximate surface area is 192 Å². The summed E-state index contributed by atoms with van der Waals surface area (Å²) in [6, 6.07) is 7.91. The van der Waals surface area contributed by atoms with Gasteiger partial charge in [-0.1, -0.05) is 23.2 Å². The first-order valence-electron chi connectivity index (χ1n) is 10.9. The normalized spacial score (nSPS) is 30.8. The number of nitrogens with one attached hydrogen (secondary N) is 2. The van der Waals surface area contributed by atoms with Gasteiger partial charge >= 0.3 is 0 Å². The number of nitrogens with zero attached hydrogens (tertiary/aromatic N) is 3. The van der Waals surface area contributed by atoms with Crippen LogP contribution in [0.1, 0.15) is 43.2 Å². The minimum Gasteiger partial charge on any atom is -0.368 e. The first-order chi connectivity index (χ1) is 14.9. The van der Waals surface area contributed by atoms with E-state index in [0.717, 1.165) is 18.0 Å². The number of nitrogens with two attached hydrogens (primary N) is 1. The molecule has 4 aliphatic carbocycles. The maximum absolute atomic E-state index is 9.54. The smallest absolute Gasteiger partial charge is 0.224 e. The largest absolute Gasteiger partial charge is 0.368 e. The molecule has 1 unspecified atom stereocenters. The predicted octanol–water partition coefficient (Wildman–Crippen LogP) is 4.83. The van der Waals surface area contributed by atoms with Gasteiger partial charge in [0.1, 0.15) is 17.5 Å². The molecule has 5 atom stereocenters. The quantitative estimate of drug-likeness (QED) is 0.575. The van der Waals surface area contributed by atoms with Crippen LogP contribution in [0, 0.1) is 34.5 Å². The van der Waals surface area contributed by atoms with E-state index in [1.54, 1.807) is 18.3 Å². The van der Waals surface area contributed by atoms with E-state index >= 15 is 0 Å². The van der Waals surface area contributed by atoms with Crippen LogP contribution in [0.4, 0.5) is 11.8 Å². The molecule has 6 nitrogen and oxygen atoms in total. The van der Waals surface area contributed by atoms with Crippen LogP contribution in [0.15, 0.2) is 24.4 Å². The Balaban J connectivity index is 1.29. The number of anilines is 2. The number of aromatic nitrogens is 2. The average Bonchev–Trinajstić information content (AvgIpc) is 2.76. The Morgan fingerprint density at radius 1 is 1.16 bits per heavy atom. The van der Waals surface area contributed by atoms with Gasteiger partial charge in [-0.3, -0.25) is 0 Å². The van der Waals surface area contributed by atoms with Gasteiger partial charge in [0.25, 0.3) is 0 Å². The van der Waals surface area contributed by atoms with Gasteiger partial charge in [0.05, 0.1) is 6.20 Å². The Morgan fingerprint density at radius 2 is 1.94 bits per heavy atom. The number of hydrogen-bond acceptors (Lipinski definition) is 6. The summed E-state index contributed by atoms with van der Waals surface area (Å²) >= 11 is 12.3. The Morgan fingerprint density at radius 3 is 2.68 bits per heavy atom. The second-order valence-corrected chi connectivity index (χ2v) is 10.4. The van der Waals surface area contributed by atoms with Gasteiger partial charge in [-0.15, -0.1) is 0 Å². The summed E-state index contributed by atoms with van der Waals surface area (Å²) in [4.78, 5) is 8.87. The standard InChI is InChI=1S/C23H26Cl2N6/c24-18-1-2-19(25)16(5-18)10-28-22-29-11-17(9-26)21(31-22)30-12-23-6-13-3-14(7-23)20(27)15(4-13)8-23/h1-2,5,11,13-15,20H,3-4,6-8,10,12,27H2,(H2,28,29,30,31)/t13?,14-,15+,20+,23-. The van der Waals surface area contributed by atoms with E-state index in [9.17, 15) is 5.26 Å². The van der Waals surface area contributed by atoms with Crippen LogP contribution >= 0.6 is 23.2 Å². The molecule has 4 saturated carbocycles. The molecule has 4 N–H and O–H groups in total. The van der Waals surface area contributed by atoms with Crippen LogP contribution in [-0.4, -0.2) is 22.6 Å². The van der Waals surface area contributed by atoms with E-state index in [-0.39, 0.29) is 5.41 Å². The van der Waals surface area contributed by atoms with Crippen LogP contribution in [-0.2, 0) is 6.54 Å². The van der Waals surface area contributed by atoms with Crippen molar-refractivity contribution in [3.05, 3.63) is 45.6 Å². The molecule has 4 aliphatic rings. The van der Waals surface area contributed by atoms with Gasteiger partial charge in [-0.25, -0.2) is 4.98 Å². The van der Waals surface area contributed by atoms with Crippen molar-refractivity contribution < 1.29 is 0 Å². The lowest BCUT2D eigenvalue weighted by Gasteiger charge is -2.59. The first-order valence-corrected chi connectivity index (χ1v) is 11.6. The lowest BCUT2D eigenvalue weighted by Crippen LogP contribution is -2.58. The summed E-state index contributed by atoms with van der Waals surface area (Å²) in [5.74, 6) is 3.13. The molecule has 6 rings (SSSR count). The summed E-state index contributed by atoms with van der Waals surface area (Å²) in [5, 5.41) is 17.5. The fraction of sp³-hybridized carbons (Fsp3) is 0.522. The molecule has 0 amide bonds. The second kappa shape index (κ2) is 8.12. The highest BCUT2D eigenvalue weighted by Gasteiger charge is 2.54. The third-order valence-corrected chi connectivity index (χ3v) is 8.06. The van der Waals surface area contributed by atoms with Gasteiger partial charge in [0.2, 0.25) is 5.95 Å². The molecule has 1 aromatic heterocycles. The van der Waals surface area contributed by atoms with Crippen LogP contribution in [0.2, 0.25) is 10.0 Å². The van der Waals surface area contributed by atoms with Crippen molar-refractivity contribution in [3.8, 4) is 6.07 Å². The molecule has 1 aromatic carbocycles. The van der Waals surface area contributed by atoms with E-state index in [1.165, 1.54) is 32.1 Å². The zero-order valence-corrected chi connectivity index (χ0v) is 18.8. The zero-order chi connectivity index (χ0) is 21.6. The zero-order valence-electron chi connectivity index (χ0n) is 17.2. The van der Waals surface area contributed by atoms with Gasteiger partial charge < -0.3 is 16.4 Å². The van der Waals surface area contributed by atoms with Gasteiger partial charge in [0, 0.05) is 29.2 Å². The molecule has 0 saturated heterocycles. The molecular formula is C23H26Cl2N6. The van der Waals surface area contributed by atoms with Crippen molar-refractivity contribution in [2.24, 2.45) is 28.9 Å². The highest BCUT2D eigenvalue weighted by atomic mass is 35.5. The molecular weight excluding hydrogens is 431 g/mol. The molecule has 8 heteroatoms. The molecule has 162 valence electrons. The lowest BCUT2D eigenvalue weighted by atomic mass is 9.48. The molecule has 0 aliphatic heterocycles. The van der Waals surface area contributed by atoms with Crippen LogP contribution in [0.5, 0.6) is 0 Å². The Bertz CT molecular complexity index is 1020. The molecule has 4 bridgehead atoms. The van der Waals surface area contributed by atoms with E-state index in [2.05, 4.69) is 26.7 Å². The summed E-state index contributed by atoms with van der Waals surface area (Å²) < 4.78 is 0. The minimum absolute atomic E-state index is 0.270. The molecule has 4 fully saturated rings. The van der Waals surface area contributed by atoms with Gasteiger partial charge in [-0.2, -0.15) is 10.2 Å². The average molecular weight is 457 g/mol. The highest BCUT2D eigenvalue weighted by Crippen LogP contribution is 2.59. The maximum Gasteiger partial charge on any atom is 0.224 e. The van der Waals surface area contributed by atoms with Crippen molar-refractivity contribution in [2.45, 2.75) is 44.7 Å². The molecule has 0 spiro atoms. The van der Waals surface area contributed by atoms with Crippen LogP contribution < -0.4 is 16.4 Å². The Kier molecular flexibility index (Phi) is 5.45. The SMILES string of the molecule is N#Cc1cnc(NCc2cc(Cl)ccc2Cl)nc1NC[C@]12CC3C[C@H](C1)[C@H](N)[C@@H](C3)C2. The monoisotopic (exact) mass is 456 g/mol. The summed E-state index contributed by atoms with van der Waals surface area (Å²) in [6.45, 7) is 1.27. The Hall–Kier alpha value is -2.07. The predicted molar refractivity (Wildman–Crippen MR) is 123 cm³/mol. The van der Waals surface area contributed by atoms with Crippen LogP contribution in [0.25, 0.3) is 0 Å². The molecule has 1 heterocycles. The fourth-order valence-corrected chi connectivity index (χ4v) is 6.64. The second-order valence-electron chi connectivity index (χ2n) is 9.56. The van der Waals surface area contributed by atoms with Crippen molar-refractivity contribution in [1.29, 1.82) is 5.26 Å². The van der Waals surface area contributed by atoms with Gasteiger partial charge in [0.15, 0.2) is 0 Å². The molecule has 2 aromatic rings. The van der Waals surface area contributed by atoms with Crippen molar-refractivity contribution in [3.63, 3.8) is 0 Å². The summed E-state index contributed by atoms with van der Waals surface area (Å²) in [7, 11) is 0. The number of nitriles is 1. The minimum atomic E-state index is 0.270.